The van der Waals surface area contributed by atoms with Crippen molar-refractivity contribution >= 4 is 39.3 Å². The third kappa shape index (κ3) is 156. The Morgan fingerprint density at radius 2 is 0.758 bits per heavy atom. The van der Waals surface area contributed by atoms with Crippen molar-refractivity contribution in [2.45, 2.75) is 584 Å². The summed E-state index contributed by atoms with van der Waals surface area (Å²) in [6, 6.07) is 4.19. The van der Waals surface area contributed by atoms with E-state index < -0.39 is 9.84 Å². The van der Waals surface area contributed by atoms with Crippen molar-refractivity contribution in [1.82, 2.24) is 25.8 Å². The molecular formula is C107H245N5O9S3. The van der Waals surface area contributed by atoms with Crippen molar-refractivity contribution in [3.63, 3.8) is 0 Å². The molecule has 0 aromatic heterocycles. The van der Waals surface area contributed by atoms with E-state index in [1.807, 2.05) is 78.9 Å². The SMILES string of the molecule is CC(C)CC(C)C.CC(C)CN(C)C(C)C.CC(C)CNC(C)C.CC(C)COC(C)C.CC(C)COC(C)C.CC(C)CSC(C)C.CC(C)N(C)C(C)C.CC(C)NC(=O)C(C)C.CC(C)NC(C)C.CC(C)OC(C)(C)C(C)C.CC(C)OC(C)C.CC(C)OC(C)C(C)C.CC(C)OC1(C(C)C)CC1.CC(C)S(=O)(=O)C(C)C.CC(C)SC(C)C. The van der Waals surface area contributed by atoms with Gasteiger partial charge < -0.3 is 54.2 Å². The van der Waals surface area contributed by atoms with Crippen LogP contribution in [-0.2, 0) is 43.1 Å². The van der Waals surface area contributed by atoms with E-state index in [1.54, 1.807) is 27.7 Å². The van der Waals surface area contributed by atoms with Gasteiger partial charge in [-0.15, -0.1) is 0 Å². The second-order valence-corrected chi connectivity index (χ2v) is 50.8. The third-order valence-corrected chi connectivity index (χ3v) is 22.2. The molecule has 14 nitrogen and oxygen atoms in total. The van der Waals surface area contributed by atoms with Gasteiger partial charge >= 0.3 is 0 Å². The number of sulfone groups is 1. The summed E-state index contributed by atoms with van der Waals surface area (Å²) in [4.78, 5) is 15.5. The largest absolute Gasteiger partial charge is 0.379 e. The summed E-state index contributed by atoms with van der Waals surface area (Å²) in [6.07, 6.45) is 6.90. The second-order valence-electron chi connectivity index (χ2n) is 44.0. The molecule has 1 aliphatic rings. The molecule has 0 aromatic carbocycles. The normalized spacial score (nSPS) is 12.7. The highest BCUT2D eigenvalue weighted by atomic mass is 32.2. The van der Waals surface area contributed by atoms with Gasteiger partial charge in [0, 0.05) is 68.0 Å². The minimum Gasteiger partial charge on any atom is -0.379 e. The van der Waals surface area contributed by atoms with E-state index in [-0.39, 0.29) is 39.6 Å². The fourth-order valence-corrected chi connectivity index (χ4v) is 12.4. The Hall–Kier alpha value is -0.280. The minimum absolute atomic E-state index is 0.0220. The zero-order chi connectivity index (χ0) is 103. The first-order chi connectivity index (χ1) is 55.5. The Kier molecular flexibility index (Phi) is 118. The smallest absolute Gasteiger partial charge is 0.222 e. The predicted molar refractivity (Wildman–Crippen MR) is 576 cm³/mol. The highest BCUT2D eigenvalue weighted by Crippen LogP contribution is 2.46. The van der Waals surface area contributed by atoms with Crippen LogP contribution in [0, 0.1) is 65.1 Å². The number of hydrogen-bond acceptors (Lipinski definition) is 15. The number of rotatable bonds is 38. The molecule has 1 fully saturated rings. The molecule has 0 bridgehead atoms. The lowest BCUT2D eigenvalue weighted by atomic mass is 9.94. The number of carbonyl (C=O) groups is 1. The first-order valence-corrected chi connectivity index (χ1v) is 53.7. The van der Waals surface area contributed by atoms with Crippen LogP contribution in [0.1, 0.15) is 455 Å². The molecule has 0 aromatic rings. The fourth-order valence-electron chi connectivity index (χ4n) is 9.46. The molecule has 0 aliphatic heterocycles. The van der Waals surface area contributed by atoms with E-state index in [1.165, 1.54) is 31.6 Å². The molecule has 770 valence electrons. The Morgan fingerprint density at radius 1 is 0.403 bits per heavy atom. The van der Waals surface area contributed by atoms with Crippen LogP contribution in [0.2, 0.25) is 0 Å². The summed E-state index contributed by atoms with van der Waals surface area (Å²) < 4.78 is 54.9. The molecule has 0 heterocycles. The van der Waals surface area contributed by atoms with Crippen LogP contribution in [0.15, 0.2) is 0 Å². The van der Waals surface area contributed by atoms with Crippen molar-refractivity contribution < 1.29 is 41.6 Å². The number of amides is 1. The number of carbonyl (C=O) groups excluding carboxylic acids is 1. The summed E-state index contributed by atoms with van der Waals surface area (Å²) in [5, 5.41) is 11.4. The summed E-state index contributed by atoms with van der Waals surface area (Å²) in [5.41, 5.74) is 0.294. The molecule has 3 N–H and O–H groups in total. The molecule has 124 heavy (non-hydrogen) atoms. The third-order valence-electron chi connectivity index (χ3n) is 17.0. The molecule has 1 saturated carbocycles. The van der Waals surface area contributed by atoms with Crippen molar-refractivity contribution in [2.75, 3.05) is 46.2 Å². The minimum atomic E-state index is -2.81. The van der Waals surface area contributed by atoms with Gasteiger partial charge in [-0.25, -0.2) is 8.42 Å². The molecule has 17 heteroatoms. The maximum Gasteiger partial charge on any atom is 0.222 e. The predicted octanol–water partition coefficient (Wildman–Crippen LogP) is 31.0. The molecular weight excluding hydrogens is 1600 g/mol. The van der Waals surface area contributed by atoms with Gasteiger partial charge in [-0.3, -0.25) is 4.79 Å². The van der Waals surface area contributed by atoms with E-state index in [0.29, 0.717) is 115 Å². The number of hydrogen-bond donors (Lipinski definition) is 3. The van der Waals surface area contributed by atoms with Gasteiger partial charge in [0.25, 0.3) is 0 Å². The summed E-state index contributed by atoms with van der Waals surface area (Å²) in [7, 11) is 1.50. The van der Waals surface area contributed by atoms with Gasteiger partial charge in [0.15, 0.2) is 9.84 Å². The number of ether oxygens (including phenoxy) is 6. The first-order valence-electron chi connectivity index (χ1n) is 50.1. The van der Waals surface area contributed by atoms with Gasteiger partial charge in [0.05, 0.1) is 70.5 Å². The number of nitrogens with one attached hydrogen (secondary N) is 3. The van der Waals surface area contributed by atoms with Crippen LogP contribution in [0.25, 0.3) is 0 Å². The monoisotopic (exact) mass is 1840 g/mol. The van der Waals surface area contributed by atoms with Crippen LogP contribution in [0.5, 0.6) is 0 Å². The molecule has 1 unspecified atom stereocenters. The highest BCUT2D eigenvalue weighted by Gasteiger charge is 2.47. The zero-order valence-corrected chi connectivity index (χ0v) is 99.8. The van der Waals surface area contributed by atoms with E-state index in [0.717, 1.165) is 65.1 Å². The quantitative estimate of drug-likeness (QED) is 0.0538. The van der Waals surface area contributed by atoms with E-state index in [9.17, 15) is 13.2 Å². The molecule has 1 aliphatic carbocycles. The van der Waals surface area contributed by atoms with Crippen LogP contribution in [0.4, 0.5) is 0 Å². The Balaban J connectivity index is -0.0000000872. The van der Waals surface area contributed by atoms with Gasteiger partial charge in [-0.1, -0.05) is 235 Å². The second kappa shape index (κ2) is 94.5. The molecule has 1 rings (SSSR count). The maximum absolute atomic E-state index is 11.0. The summed E-state index contributed by atoms with van der Waals surface area (Å²) in [5.74, 6) is 8.93. The lowest BCUT2D eigenvalue weighted by Crippen LogP contribution is -2.33. The Morgan fingerprint density at radius 3 is 0.823 bits per heavy atom. The fraction of sp³-hybridized carbons (Fsp3) is 0.991. The maximum atomic E-state index is 11.0. The molecule has 1 atom stereocenters. The van der Waals surface area contributed by atoms with Crippen LogP contribution >= 0.6 is 23.5 Å². The molecule has 1 amide bonds. The average molecular weight is 1840 g/mol. The van der Waals surface area contributed by atoms with E-state index in [2.05, 4.69) is 393 Å². The highest BCUT2D eigenvalue weighted by molar-refractivity contribution is 8.00. The Labute approximate surface area is 796 Å². The van der Waals surface area contributed by atoms with Crippen LogP contribution in [-0.4, -0.2) is 199 Å². The molecule has 0 radical (unpaired) electrons. The zero-order valence-electron chi connectivity index (χ0n) is 97.3. The first kappa shape index (κ1) is 155. The van der Waals surface area contributed by atoms with Crippen molar-refractivity contribution in [2.24, 2.45) is 65.1 Å². The van der Waals surface area contributed by atoms with Gasteiger partial charge in [-0.05, 0) is 321 Å². The average Bonchev–Trinajstić information content (AvgIpc) is 1.64. The summed E-state index contributed by atoms with van der Waals surface area (Å²) in [6.45, 7) is 138. The van der Waals surface area contributed by atoms with Crippen molar-refractivity contribution in [3.05, 3.63) is 0 Å². The number of thioether (sulfide) groups is 2. The van der Waals surface area contributed by atoms with Crippen LogP contribution in [0.3, 0.4) is 0 Å². The topological polar surface area (TPSA) is 149 Å². The van der Waals surface area contributed by atoms with E-state index >= 15 is 0 Å². The van der Waals surface area contributed by atoms with Crippen molar-refractivity contribution in [1.29, 1.82) is 0 Å². The van der Waals surface area contributed by atoms with Gasteiger partial charge in [0.1, 0.15) is 0 Å². The van der Waals surface area contributed by atoms with Crippen LogP contribution < -0.4 is 16.0 Å². The van der Waals surface area contributed by atoms with Gasteiger partial charge in [-0.2, -0.15) is 23.5 Å². The molecule has 0 spiro atoms. The Bertz CT molecular complexity index is 1950. The molecule has 0 saturated heterocycles. The summed E-state index contributed by atoms with van der Waals surface area (Å²) >= 11 is 4.05. The van der Waals surface area contributed by atoms with Crippen molar-refractivity contribution in [3.8, 4) is 0 Å². The standard InChI is InChI=1S/C9H18O.C9H20O.C8H19N.C8H18O.C7H15NO.2C7H17N.2C7H16O.C7H16S.C7H16.C6H15N.C6H14O2S.C6H14O.C6H14S/c1-7(2)9(5-6-9)10-8(3)4;1-7(2)9(5,6)10-8(3)4;1-7(2)6-9(5)8(3)4;1-6(2)8(5)9-7(3)4;1-5(2)7(9)8-6(3)4;1-6(2)8(5)7(3)4;4*1-6(2)5-8-7(3)4;1-6(2)5-7(3)4;1-5(2)7-6(3)4;1-5(2)9(7,8)6(3)4;2*1-5(2)7-6(3)4/h7-8H,5-6H2,1-4H3;7-8H,1-6H3;7-8H,6H2,1-5H3;6-8H,1-5H3;5-6H,1-4H3,(H,8,9);6-7H,1-5H3;6-8H,5H2,1-4H3;3*6-7H,5H2,1-4H3;6-7H,5H2,1-4H3;5-7H,1-4H3;5-6H,1-4H3;2*5-6H,1-4H3. The van der Waals surface area contributed by atoms with Gasteiger partial charge in [0.2, 0.25) is 5.91 Å². The number of nitrogens with zero attached hydrogens (tertiary/aromatic N) is 2. The van der Waals surface area contributed by atoms with E-state index in [4.69, 9.17) is 28.4 Å². The lowest BCUT2D eigenvalue weighted by Gasteiger charge is -2.31. The lowest BCUT2D eigenvalue weighted by molar-refractivity contribution is -0.124.